The maximum absolute atomic E-state index is 12.3. The topological polar surface area (TPSA) is 85.1 Å². The average Bonchev–Trinajstić information content (AvgIpc) is 3.05. The van der Waals surface area contributed by atoms with Crippen molar-refractivity contribution in [1.82, 2.24) is 4.98 Å². The van der Waals surface area contributed by atoms with E-state index in [0.29, 0.717) is 22.0 Å². The molecular formula is C18H14ClN3O3S. The predicted octanol–water partition coefficient (Wildman–Crippen LogP) is 4.86. The first kappa shape index (κ1) is 18.0. The molecule has 0 spiro atoms. The molecule has 132 valence electrons. The highest BCUT2D eigenvalue weighted by atomic mass is 35.5. The highest BCUT2D eigenvalue weighted by molar-refractivity contribution is 7.13. The summed E-state index contributed by atoms with van der Waals surface area (Å²) in [7, 11) is 0. The average molecular weight is 388 g/mol. The van der Waals surface area contributed by atoms with E-state index in [4.69, 9.17) is 11.6 Å². The lowest BCUT2D eigenvalue weighted by Crippen LogP contribution is -2.15. The number of thiazole rings is 1. The number of aromatic nitrogens is 1. The molecule has 0 aliphatic heterocycles. The largest absolute Gasteiger partial charge is 0.325 e. The van der Waals surface area contributed by atoms with Crippen LogP contribution in [0.2, 0.25) is 5.02 Å². The summed E-state index contributed by atoms with van der Waals surface area (Å²) in [6.07, 6.45) is 0.0725. The zero-order valence-corrected chi connectivity index (χ0v) is 15.3. The smallest absolute Gasteiger partial charge is 0.274 e. The second kappa shape index (κ2) is 7.63. The van der Waals surface area contributed by atoms with Crippen LogP contribution in [0.5, 0.6) is 0 Å². The number of hydrogen-bond acceptors (Lipinski definition) is 5. The number of carbonyl (C=O) groups excluding carboxylic acids is 1. The Morgan fingerprint density at radius 1 is 1.27 bits per heavy atom. The van der Waals surface area contributed by atoms with Crippen LogP contribution in [0.25, 0.3) is 10.6 Å². The lowest BCUT2D eigenvalue weighted by Gasteiger charge is -2.07. The Labute approximate surface area is 158 Å². The van der Waals surface area contributed by atoms with Gasteiger partial charge in [-0.15, -0.1) is 11.3 Å². The van der Waals surface area contributed by atoms with Gasteiger partial charge >= 0.3 is 0 Å². The number of nitro groups is 1. The molecule has 3 rings (SSSR count). The number of anilines is 1. The van der Waals surface area contributed by atoms with E-state index in [1.807, 2.05) is 18.2 Å². The summed E-state index contributed by atoms with van der Waals surface area (Å²) < 4.78 is 0. The molecule has 3 aromatic rings. The minimum absolute atomic E-state index is 0.0301. The van der Waals surface area contributed by atoms with Gasteiger partial charge in [-0.3, -0.25) is 14.9 Å². The van der Waals surface area contributed by atoms with Crippen molar-refractivity contribution < 1.29 is 9.72 Å². The van der Waals surface area contributed by atoms with Gasteiger partial charge < -0.3 is 5.32 Å². The van der Waals surface area contributed by atoms with Crippen molar-refractivity contribution in [2.45, 2.75) is 13.3 Å². The van der Waals surface area contributed by atoms with Crippen molar-refractivity contribution in [3.63, 3.8) is 0 Å². The summed E-state index contributed by atoms with van der Waals surface area (Å²) in [6.45, 7) is 1.60. The van der Waals surface area contributed by atoms with Gasteiger partial charge in [0.1, 0.15) is 5.01 Å². The Bertz CT molecular complexity index is 987. The first-order valence-corrected chi connectivity index (χ1v) is 8.94. The molecule has 0 aliphatic rings. The summed E-state index contributed by atoms with van der Waals surface area (Å²) in [5.41, 5.74) is 2.25. The van der Waals surface area contributed by atoms with Crippen molar-refractivity contribution in [2.24, 2.45) is 0 Å². The fourth-order valence-corrected chi connectivity index (χ4v) is 3.60. The van der Waals surface area contributed by atoms with E-state index < -0.39 is 4.92 Å². The molecule has 1 N–H and O–H groups in total. The number of hydrogen-bond donors (Lipinski definition) is 1. The number of carbonyl (C=O) groups is 1. The molecule has 0 saturated heterocycles. The van der Waals surface area contributed by atoms with E-state index in [2.05, 4.69) is 10.3 Å². The van der Waals surface area contributed by atoms with E-state index in [1.54, 1.807) is 30.5 Å². The van der Waals surface area contributed by atoms with E-state index >= 15 is 0 Å². The molecule has 0 bridgehead atoms. The van der Waals surface area contributed by atoms with E-state index in [0.717, 1.165) is 10.6 Å². The Hall–Kier alpha value is -2.77. The third kappa shape index (κ3) is 3.89. The van der Waals surface area contributed by atoms with E-state index in [1.165, 1.54) is 17.4 Å². The molecule has 26 heavy (non-hydrogen) atoms. The quantitative estimate of drug-likeness (QED) is 0.500. The molecule has 0 unspecified atom stereocenters. The van der Waals surface area contributed by atoms with Crippen molar-refractivity contribution >= 4 is 40.2 Å². The van der Waals surface area contributed by atoms with Crippen LogP contribution >= 0.6 is 22.9 Å². The summed E-state index contributed by atoms with van der Waals surface area (Å²) in [5, 5.41) is 16.8. The zero-order chi connectivity index (χ0) is 18.7. The highest BCUT2D eigenvalue weighted by Crippen LogP contribution is 2.30. The summed E-state index contributed by atoms with van der Waals surface area (Å²) >= 11 is 7.58. The van der Waals surface area contributed by atoms with Crippen LogP contribution in [-0.4, -0.2) is 15.8 Å². The van der Waals surface area contributed by atoms with Gasteiger partial charge in [0, 0.05) is 17.0 Å². The van der Waals surface area contributed by atoms with Gasteiger partial charge in [0.15, 0.2) is 0 Å². The van der Waals surface area contributed by atoms with Crippen LogP contribution in [0.4, 0.5) is 11.4 Å². The number of rotatable bonds is 5. The molecule has 0 atom stereocenters. The predicted molar refractivity (Wildman–Crippen MR) is 103 cm³/mol. The fraction of sp³-hybridized carbons (Fsp3) is 0.111. The molecule has 6 nitrogen and oxygen atoms in total. The van der Waals surface area contributed by atoms with Crippen LogP contribution in [-0.2, 0) is 11.2 Å². The van der Waals surface area contributed by atoms with Gasteiger partial charge in [0.25, 0.3) is 5.69 Å². The number of amides is 1. The molecular weight excluding hydrogens is 374 g/mol. The van der Waals surface area contributed by atoms with Gasteiger partial charge in [-0.25, -0.2) is 4.98 Å². The number of nitrogens with one attached hydrogen (secondary N) is 1. The minimum atomic E-state index is -0.471. The van der Waals surface area contributed by atoms with Gasteiger partial charge in [0.2, 0.25) is 5.91 Å². The van der Waals surface area contributed by atoms with Crippen LogP contribution in [0.3, 0.4) is 0 Å². The maximum Gasteiger partial charge on any atom is 0.274 e. The van der Waals surface area contributed by atoms with Crippen LogP contribution in [0.1, 0.15) is 11.3 Å². The van der Waals surface area contributed by atoms with Crippen LogP contribution < -0.4 is 5.32 Å². The monoisotopic (exact) mass is 387 g/mol. The third-order valence-electron chi connectivity index (χ3n) is 3.77. The Balaban J connectivity index is 1.73. The normalized spacial score (nSPS) is 10.5. The van der Waals surface area contributed by atoms with Crippen LogP contribution in [0.15, 0.2) is 47.8 Å². The molecule has 0 saturated carbocycles. The highest BCUT2D eigenvalue weighted by Gasteiger charge is 2.16. The second-order valence-corrected chi connectivity index (χ2v) is 6.82. The minimum Gasteiger partial charge on any atom is -0.325 e. The Morgan fingerprint density at radius 2 is 2.04 bits per heavy atom. The summed E-state index contributed by atoms with van der Waals surface area (Å²) in [4.78, 5) is 27.3. The van der Waals surface area contributed by atoms with Gasteiger partial charge in [-0.05, 0) is 19.1 Å². The van der Waals surface area contributed by atoms with E-state index in [9.17, 15) is 14.9 Å². The molecule has 0 aliphatic carbocycles. The number of benzene rings is 2. The fourth-order valence-electron chi connectivity index (χ4n) is 2.46. The third-order valence-corrected chi connectivity index (χ3v) is 5.03. The Kier molecular flexibility index (Phi) is 5.29. The number of nitrogens with zero attached hydrogens (tertiary/aromatic N) is 2. The van der Waals surface area contributed by atoms with Gasteiger partial charge in [0.05, 0.1) is 33.3 Å². The van der Waals surface area contributed by atoms with Crippen molar-refractivity contribution in [3.8, 4) is 10.6 Å². The molecule has 1 heterocycles. The summed E-state index contributed by atoms with van der Waals surface area (Å²) in [5.74, 6) is -0.287. The molecule has 8 heteroatoms. The van der Waals surface area contributed by atoms with Crippen molar-refractivity contribution in [3.05, 3.63) is 74.2 Å². The van der Waals surface area contributed by atoms with Gasteiger partial charge in [-0.2, -0.15) is 0 Å². The molecule has 1 amide bonds. The number of halogens is 1. The van der Waals surface area contributed by atoms with Crippen LogP contribution in [0, 0.1) is 17.0 Å². The molecule has 2 aromatic carbocycles. The maximum atomic E-state index is 12.3. The summed E-state index contributed by atoms with van der Waals surface area (Å²) in [6, 6.07) is 12.0. The lowest BCUT2D eigenvalue weighted by molar-refractivity contribution is -0.385. The van der Waals surface area contributed by atoms with Gasteiger partial charge in [-0.1, -0.05) is 35.9 Å². The molecule has 0 radical (unpaired) electrons. The molecule has 0 fully saturated rings. The molecule has 1 aromatic heterocycles. The standard InChI is InChI=1S/C18H14ClN3O3S/c1-11-15(7-4-8-16(11)22(24)25)21-17(23)9-12-10-26-18(20-12)13-5-2-3-6-14(13)19/h2-8,10H,9H2,1H3,(H,21,23). The number of nitro benzene ring substituents is 1. The Morgan fingerprint density at radius 3 is 2.77 bits per heavy atom. The second-order valence-electron chi connectivity index (χ2n) is 5.56. The van der Waals surface area contributed by atoms with E-state index in [-0.39, 0.29) is 18.0 Å². The first-order valence-electron chi connectivity index (χ1n) is 7.69. The lowest BCUT2D eigenvalue weighted by atomic mass is 10.1. The van der Waals surface area contributed by atoms with Crippen molar-refractivity contribution in [2.75, 3.05) is 5.32 Å². The SMILES string of the molecule is Cc1c(NC(=O)Cc2csc(-c3ccccc3Cl)n2)cccc1[N+](=O)[O-]. The zero-order valence-electron chi connectivity index (χ0n) is 13.7. The first-order chi connectivity index (χ1) is 12.5. The van der Waals surface area contributed by atoms with Crippen molar-refractivity contribution in [1.29, 1.82) is 0 Å².